The lowest BCUT2D eigenvalue weighted by Gasteiger charge is -2.39. The normalized spacial score (nSPS) is 26.5. The summed E-state index contributed by atoms with van der Waals surface area (Å²) in [5.74, 6) is -3.85. The summed E-state index contributed by atoms with van der Waals surface area (Å²) in [5.41, 5.74) is -0.963. The van der Waals surface area contributed by atoms with E-state index < -0.39 is 66.2 Å². The molecule has 33 heavy (non-hydrogen) atoms. The fraction of sp³-hybridized carbons (Fsp3) is 0.318. The Morgan fingerprint density at radius 3 is 2.27 bits per heavy atom. The zero-order valence-electron chi connectivity index (χ0n) is 17.1. The highest BCUT2D eigenvalue weighted by molar-refractivity contribution is 6.30. The maximum atomic E-state index is 13.3. The van der Waals surface area contributed by atoms with Gasteiger partial charge >= 0.3 is 5.97 Å². The number of phenolic OH excluding ortho intramolecular Hbond substituents is 1. The second-order valence-electron chi connectivity index (χ2n) is 7.88. The Balaban J connectivity index is 1.80. The third kappa shape index (κ3) is 3.65. The lowest BCUT2D eigenvalue weighted by molar-refractivity contribution is -0.277. The van der Waals surface area contributed by atoms with Gasteiger partial charge in [-0.3, -0.25) is 9.59 Å². The average Bonchev–Trinajstić information content (AvgIpc) is 2.76. The van der Waals surface area contributed by atoms with Crippen molar-refractivity contribution in [3.8, 4) is 11.5 Å². The summed E-state index contributed by atoms with van der Waals surface area (Å²) in [4.78, 5) is 37.7. The minimum Gasteiger partial charge on any atom is -0.507 e. The number of rotatable bonds is 4. The van der Waals surface area contributed by atoms with Crippen LogP contribution >= 0.6 is 0 Å². The Morgan fingerprint density at radius 2 is 1.64 bits per heavy atom. The van der Waals surface area contributed by atoms with Crippen LogP contribution in [-0.4, -0.2) is 85.5 Å². The predicted molar refractivity (Wildman–Crippen MR) is 108 cm³/mol. The van der Waals surface area contributed by atoms with Gasteiger partial charge in [0.2, 0.25) is 12.1 Å². The highest BCUT2D eigenvalue weighted by atomic mass is 16.7. The van der Waals surface area contributed by atoms with Crippen molar-refractivity contribution in [3.05, 3.63) is 57.6 Å². The van der Waals surface area contributed by atoms with Gasteiger partial charge in [-0.25, -0.2) is 4.79 Å². The van der Waals surface area contributed by atoms with E-state index in [1.165, 1.54) is 12.1 Å². The Morgan fingerprint density at radius 1 is 0.970 bits per heavy atom. The third-order valence-electron chi connectivity index (χ3n) is 5.65. The van der Waals surface area contributed by atoms with E-state index in [2.05, 4.69) is 0 Å². The van der Waals surface area contributed by atoms with Gasteiger partial charge in [0, 0.05) is 11.1 Å². The molecule has 4 rings (SSSR count). The monoisotopic (exact) mass is 460 g/mol. The van der Waals surface area contributed by atoms with Crippen molar-refractivity contribution in [3.63, 3.8) is 0 Å². The summed E-state index contributed by atoms with van der Waals surface area (Å²) in [7, 11) is 0. The number of benzene rings is 2. The number of carbonyl (C=O) groups is 3. The second kappa shape index (κ2) is 8.21. The van der Waals surface area contributed by atoms with Crippen molar-refractivity contribution in [2.24, 2.45) is 0 Å². The van der Waals surface area contributed by atoms with E-state index in [0.29, 0.717) is 5.56 Å². The molecule has 2 aromatic carbocycles. The van der Waals surface area contributed by atoms with E-state index in [9.17, 15) is 45.0 Å². The zero-order chi connectivity index (χ0) is 24.2. The molecular weight excluding hydrogens is 440 g/mol. The maximum Gasteiger partial charge on any atom is 0.335 e. The SMILES string of the molecule is Cc1cc(O[C@@H]2O[C@H](CO)[C@@H](O)[C@H](O)[C@H]2O)c2c(c1)C(=O)c1cc(C(=O)O)cc(O)c1C2=O. The molecule has 11 nitrogen and oxygen atoms in total. The van der Waals surface area contributed by atoms with Gasteiger partial charge in [0.15, 0.2) is 5.78 Å². The van der Waals surface area contributed by atoms with Crippen LogP contribution in [0.5, 0.6) is 11.5 Å². The number of aliphatic hydroxyl groups excluding tert-OH is 4. The zero-order valence-corrected chi connectivity index (χ0v) is 17.1. The van der Waals surface area contributed by atoms with Gasteiger partial charge in [-0.2, -0.15) is 0 Å². The number of hydrogen-bond donors (Lipinski definition) is 6. The molecule has 174 valence electrons. The van der Waals surface area contributed by atoms with Crippen LogP contribution in [0.2, 0.25) is 0 Å². The molecule has 1 fully saturated rings. The molecule has 0 saturated carbocycles. The van der Waals surface area contributed by atoms with E-state index >= 15 is 0 Å². The van der Waals surface area contributed by atoms with Crippen LogP contribution in [0.1, 0.15) is 47.8 Å². The molecule has 6 N–H and O–H groups in total. The molecule has 11 heteroatoms. The Hall–Kier alpha value is -3.35. The molecule has 1 heterocycles. The second-order valence-corrected chi connectivity index (χ2v) is 7.88. The van der Waals surface area contributed by atoms with Crippen LogP contribution in [0, 0.1) is 6.92 Å². The summed E-state index contributed by atoms with van der Waals surface area (Å²) in [6.07, 6.45) is -7.97. The summed E-state index contributed by atoms with van der Waals surface area (Å²) in [5, 5.41) is 59.1. The van der Waals surface area contributed by atoms with Gasteiger partial charge in [-0.1, -0.05) is 0 Å². The fourth-order valence-electron chi connectivity index (χ4n) is 3.99. The molecule has 1 aliphatic heterocycles. The highest BCUT2D eigenvalue weighted by Gasteiger charge is 2.45. The van der Waals surface area contributed by atoms with Crippen molar-refractivity contribution in [1.82, 2.24) is 0 Å². The number of carbonyl (C=O) groups excluding carboxylic acids is 2. The smallest absolute Gasteiger partial charge is 0.335 e. The molecule has 0 amide bonds. The van der Waals surface area contributed by atoms with E-state index in [4.69, 9.17) is 9.47 Å². The summed E-state index contributed by atoms with van der Waals surface area (Å²) in [6, 6.07) is 4.62. The number of carboxylic acids is 1. The van der Waals surface area contributed by atoms with Gasteiger partial charge in [-0.05, 0) is 36.8 Å². The van der Waals surface area contributed by atoms with Gasteiger partial charge in [-0.15, -0.1) is 0 Å². The number of aliphatic hydroxyl groups is 4. The molecule has 0 unspecified atom stereocenters. The van der Waals surface area contributed by atoms with Crippen LogP contribution < -0.4 is 4.74 Å². The number of ketones is 2. The quantitative estimate of drug-likeness (QED) is 0.290. The topological polar surface area (TPSA) is 191 Å². The van der Waals surface area contributed by atoms with Crippen LogP contribution in [0.15, 0.2) is 24.3 Å². The Kier molecular flexibility index (Phi) is 5.68. The standard InChI is InChI=1S/C22H20O11/c1-7-2-9-15(12(3-7)32-22-20(29)19(28)17(26)13(6-23)33-22)18(27)14-10(16(9)25)4-8(21(30)31)5-11(14)24/h2-5,13,17,19-20,22-24,26,28-29H,6H2,1H3,(H,30,31)/t13-,17-,19+,20-,22-/m1/s1. The van der Waals surface area contributed by atoms with Crippen molar-refractivity contribution < 1.29 is 54.5 Å². The molecular formula is C22H20O11. The minimum absolute atomic E-state index is 0.117. The van der Waals surface area contributed by atoms with Gasteiger partial charge < -0.3 is 40.1 Å². The van der Waals surface area contributed by atoms with Gasteiger partial charge in [0.1, 0.15) is 35.9 Å². The minimum atomic E-state index is -1.76. The number of phenols is 1. The summed E-state index contributed by atoms with van der Waals surface area (Å²) < 4.78 is 10.9. The van der Waals surface area contributed by atoms with E-state index in [0.717, 1.165) is 12.1 Å². The molecule has 1 aliphatic carbocycles. The number of aryl methyl sites for hydroxylation is 1. The number of carboxylic acid groups (broad SMARTS) is 1. The van der Waals surface area contributed by atoms with Crippen LogP contribution in [0.3, 0.4) is 0 Å². The highest BCUT2D eigenvalue weighted by Crippen LogP contribution is 2.39. The number of ether oxygens (including phenoxy) is 2. The van der Waals surface area contributed by atoms with E-state index in [-0.39, 0.29) is 28.0 Å². The number of aromatic carboxylic acids is 1. The van der Waals surface area contributed by atoms with Crippen molar-refractivity contribution >= 4 is 17.5 Å². The van der Waals surface area contributed by atoms with Crippen LogP contribution in [-0.2, 0) is 4.74 Å². The predicted octanol–water partition coefficient (Wildman–Crippen LogP) is -0.647. The molecule has 2 aliphatic rings. The molecule has 0 spiro atoms. The first kappa shape index (κ1) is 22.8. The summed E-state index contributed by atoms with van der Waals surface area (Å²) in [6.45, 7) is 0.903. The number of hydrogen-bond acceptors (Lipinski definition) is 10. The largest absolute Gasteiger partial charge is 0.507 e. The molecule has 0 bridgehead atoms. The molecule has 1 saturated heterocycles. The van der Waals surface area contributed by atoms with Crippen molar-refractivity contribution in [2.45, 2.75) is 37.6 Å². The first-order valence-corrected chi connectivity index (χ1v) is 9.86. The maximum absolute atomic E-state index is 13.3. The first-order valence-electron chi connectivity index (χ1n) is 9.86. The lowest BCUT2D eigenvalue weighted by Crippen LogP contribution is -2.60. The third-order valence-corrected chi connectivity index (χ3v) is 5.65. The van der Waals surface area contributed by atoms with Crippen molar-refractivity contribution in [1.29, 1.82) is 0 Å². The Bertz CT molecular complexity index is 1170. The number of fused-ring (bicyclic) bond motifs is 2. The fourth-order valence-corrected chi connectivity index (χ4v) is 3.99. The summed E-state index contributed by atoms with van der Waals surface area (Å²) >= 11 is 0. The molecule has 0 radical (unpaired) electrons. The molecule has 2 aromatic rings. The van der Waals surface area contributed by atoms with Gasteiger partial charge in [0.25, 0.3) is 0 Å². The first-order chi connectivity index (χ1) is 15.5. The average molecular weight is 460 g/mol. The van der Waals surface area contributed by atoms with Gasteiger partial charge in [0.05, 0.1) is 23.3 Å². The molecule has 5 atom stereocenters. The molecule has 0 aromatic heterocycles. The Labute approximate surface area is 186 Å². The number of aromatic hydroxyl groups is 1. The lowest BCUT2D eigenvalue weighted by atomic mass is 9.81. The van der Waals surface area contributed by atoms with Crippen LogP contribution in [0.25, 0.3) is 0 Å². The van der Waals surface area contributed by atoms with Crippen LogP contribution in [0.4, 0.5) is 0 Å². The van der Waals surface area contributed by atoms with E-state index in [1.54, 1.807) is 6.92 Å². The van der Waals surface area contributed by atoms with Crippen molar-refractivity contribution in [2.75, 3.05) is 6.61 Å². The van der Waals surface area contributed by atoms with E-state index in [1.807, 2.05) is 0 Å².